The van der Waals surface area contributed by atoms with Crippen molar-refractivity contribution in [2.24, 2.45) is 10.4 Å². The fourth-order valence-corrected chi connectivity index (χ4v) is 1.16. The van der Waals surface area contributed by atoms with Crippen molar-refractivity contribution in [2.45, 2.75) is 33.7 Å². The SMILES string of the molecule is CC(N=C(Nc1ccncc1)[NH+]([O-])C#N)C(C)(C)C. The van der Waals surface area contributed by atoms with Crippen LogP contribution in [0.2, 0.25) is 0 Å². The minimum absolute atomic E-state index is 0.0659. The Bertz CT molecular complexity index is 472. The molecule has 2 unspecified atom stereocenters. The van der Waals surface area contributed by atoms with Crippen LogP contribution in [0.5, 0.6) is 0 Å². The van der Waals surface area contributed by atoms with E-state index in [9.17, 15) is 5.21 Å². The molecule has 1 rings (SSSR count). The summed E-state index contributed by atoms with van der Waals surface area (Å²) in [4.78, 5) is 8.21. The predicted octanol–water partition coefficient (Wildman–Crippen LogP) is 1.15. The Morgan fingerprint density at radius 3 is 2.53 bits per heavy atom. The molecule has 0 aliphatic heterocycles. The number of quaternary nitrogens is 1. The van der Waals surface area contributed by atoms with Gasteiger partial charge in [0, 0.05) is 18.1 Å². The van der Waals surface area contributed by atoms with Crippen LogP contribution >= 0.6 is 0 Å². The number of hydroxylamine groups is 2. The summed E-state index contributed by atoms with van der Waals surface area (Å²) in [6.45, 7) is 8.01. The van der Waals surface area contributed by atoms with E-state index in [0.717, 1.165) is 0 Å². The van der Waals surface area contributed by atoms with Crippen LogP contribution in [0.4, 0.5) is 5.69 Å². The van der Waals surface area contributed by atoms with Crippen LogP contribution < -0.4 is 10.4 Å². The van der Waals surface area contributed by atoms with Crippen LogP contribution in [-0.4, -0.2) is 17.0 Å². The number of pyridine rings is 1. The average molecular weight is 261 g/mol. The lowest BCUT2D eigenvalue weighted by atomic mass is 9.88. The zero-order chi connectivity index (χ0) is 14.5. The zero-order valence-electron chi connectivity index (χ0n) is 11.6. The van der Waals surface area contributed by atoms with Crippen LogP contribution in [-0.2, 0) is 0 Å². The van der Waals surface area contributed by atoms with Crippen LogP contribution in [0.3, 0.4) is 0 Å². The Kier molecular flexibility index (Phi) is 4.98. The molecule has 0 radical (unpaired) electrons. The number of nitrogens with one attached hydrogen (secondary N) is 2. The van der Waals surface area contributed by atoms with Gasteiger partial charge >= 0.3 is 12.2 Å². The molecule has 0 spiro atoms. The van der Waals surface area contributed by atoms with Crippen LogP contribution in [0.15, 0.2) is 29.5 Å². The van der Waals surface area contributed by atoms with E-state index in [1.165, 1.54) is 0 Å². The molecule has 0 saturated carbocycles. The van der Waals surface area contributed by atoms with E-state index in [1.807, 2.05) is 27.7 Å². The van der Waals surface area contributed by atoms with Gasteiger partial charge in [-0.25, -0.2) is 10.1 Å². The maximum atomic E-state index is 11.6. The Labute approximate surface area is 113 Å². The van der Waals surface area contributed by atoms with Gasteiger partial charge in [-0.05, 0) is 24.5 Å². The van der Waals surface area contributed by atoms with Crippen molar-refractivity contribution in [1.82, 2.24) is 4.98 Å². The third-order valence-corrected chi connectivity index (χ3v) is 2.84. The van der Waals surface area contributed by atoms with Gasteiger partial charge < -0.3 is 5.21 Å². The van der Waals surface area contributed by atoms with Crippen molar-refractivity contribution in [3.8, 4) is 6.19 Å². The van der Waals surface area contributed by atoms with Crippen LogP contribution in [0.1, 0.15) is 27.7 Å². The molecular formula is C13H19N5O. The van der Waals surface area contributed by atoms with Gasteiger partial charge in [0.05, 0.1) is 6.04 Å². The molecule has 0 fully saturated rings. The van der Waals surface area contributed by atoms with Gasteiger partial charge in [0.2, 0.25) is 0 Å². The fourth-order valence-electron chi connectivity index (χ4n) is 1.16. The normalized spacial score (nSPS) is 15.5. The van der Waals surface area contributed by atoms with Crippen molar-refractivity contribution in [2.75, 3.05) is 5.32 Å². The summed E-state index contributed by atoms with van der Waals surface area (Å²) in [5.41, 5.74) is 0.597. The molecule has 0 saturated heterocycles. The van der Waals surface area contributed by atoms with Crippen LogP contribution in [0, 0.1) is 22.1 Å². The fraction of sp³-hybridized carbons (Fsp3) is 0.462. The number of guanidine groups is 1. The maximum absolute atomic E-state index is 11.6. The highest BCUT2D eigenvalue weighted by Crippen LogP contribution is 2.21. The molecule has 1 heterocycles. The number of rotatable bonds is 2. The highest BCUT2D eigenvalue weighted by molar-refractivity contribution is 5.87. The molecule has 1 aromatic rings. The van der Waals surface area contributed by atoms with Gasteiger partial charge in [0.15, 0.2) is 0 Å². The molecule has 102 valence electrons. The Hall–Kier alpha value is -1.97. The number of nitrogens with zero attached hydrogens (tertiary/aromatic N) is 3. The Morgan fingerprint density at radius 2 is 2.05 bits per heavy atom. The lowest BCUT2D eigenvalue weighted by Crippen LogP contribution is -3.07. The molecule has 19 heavy (non-hydrogen) atoms. The molecule has 0 amide bonds. The molecule has 6 nitrogen and oxygen atoms in total. The van der Waals surface area contributed by atoms with Gasteiger partial charge in [-0.15, -0.1) is 5.26 Å². The second kappa shape index (κ2) is 6.27. The molecule has 1 aromatic heterocycles. The zero-order valence-corrected chi connectivity index (χ0v) is 11.6. The molecule has 2 N–H and O–H groups in total. The first-order valence-corrected chi connectivity index (χ1v) is 6.04. The summed E-state index contributed by atoms with van der Waals surface area (Å²) in [6.07, 6.45) is 4.80. The summed E-state index contributed by atoms with van der Waals surface area (Å²) < 4.78 is 0. The van der Waals surface area contributed by atoms with E-state index in [-0.39, 0.29) is 17.4 Å². The van der Waals surface area contributed by atoms with Gasteiger partial charge in [-0.2, -0.15) is 0 Å². The summed E-state index contributed by atoms with van der Waals surface area (Å²) >= 11 is 0. The van der Waals surface area contributed by atoms with E-state index in [2.05, 4.69) is 15.3 Å². The first-order chi connectivity index (χ1) is 8.84. The number of aromatic nitrogens is 1. The van der Waals surface area contributed by atoms with Crippen molar-refractivity contribution < 1.29 is 5.06 Å². The minimum atomic E-state index is -0.673. The van der Waals surface area contributed by atoms with Gasteiger partial charge in [-0.1, -0.05) is 20.8 Å². The van der Waals surface area contributed by atoms with E-state index in [4.69, 9.17) is 5.26 Å². The standard InChI is InChI=1S/C13H19N5O/c1-10(13(2,3)4)16-12(18(19)9-14)17-11-5-7-15-8-6-11/h5-8,10,18H,1-4H3,(H,15,16,17). The summed E-state index contributed by atoms with van der Waals surface area (Å²) in [6, 6.07) is 3.33. The highest BCUT2D eigenvalue weighted by atomic mass is 16.5. The number of aliphatic imine (C=N–C) groups is 1. The number of hydrogen-bond donors (Lipinski definition) is 2. The first-order valence-electron chi connectivity index (χ1n) is 6.04. The molecule has 0 aliphatic carbocycles. The van der Waals surface area contributed by atoms with Gasteiger partial charge in [0.1, 0.15) is 0 Å². The van der Waals surface area contributed by atoms with Gasteiger partial charge in [0.25, 0.3) is 0 Å². The minimum Gasteiger partial charge on any atom is -0.611 e. The third kappa shape index (κ3) is 4.66. The Balaban J connectivity index is 2.97. The Morgan fingerprint density at radius 1 is 1.47 bits per heavy atom. The van der Waals surface area contributed by atoms with E-state index >= 15 is 0 Å². The summed E-state index contributed by atoms with van der Waals surface area (Å²) in [5, 5.41) is 22.6. The first kappa shape index (κ1) is 15.1. The predicted molar refractivity (Wildman–Crippen MR) is 74.2 cm³/mol. The van der Waals surface area contributed by atoms with Gasteiger partial charge in [-0.3, -0.25) is 10.3 Å². The smallest absolute Gasteiger partial charge is 0.315 e. The third-order valence-electron chi connectivity index (χ3n) is 2.84. The molecule has 0 aliphatic rings. The van der Waals surface area contributed by atoms with Crippen molar-refractivity contribution in [3.63, 3.8) is 0 Å². The number of hydrogen-bond acceptors (Lipinski definition) is 4. The van der Waals surface area contributed by atoms with Crippen molar-refractivity contribution >= 4 is 11.6 Å². The second-order valence-corrected chi connectivity index (χ2v) is 5.32. The molecule has 2 atom stereocenters. The molecule has 6 heteroatoms. The second-order valence-electron chi connectivity index (χ2n) is 5.32. The highest BCUT2D eigenvalue weighted by Gasteiger charge is 2.22. The molecular weight excluding hydrogens is 242 g/mol. The lowest BCUT2D eigenvalue weighted by Gasteiger charge is -2.25. The number of nitriles is 1. The average Bonchev–Trinajstić information content (AvgIpc) is 2.37. The topological polar surface area (TPSA) is 88.6 Å². The summed E-state index contributed by atoms with van der Waals surface area (Å²) in [7, 11) is 0. The maximum Gasteiger partial charge on any atom is 0.315 e. The molecule has 0 aromatic carbocycles. The summed E-state index contributed by atoms with van der Waals surface area (Å²) in [5.74, 6) is 0.0659. The van der Waals surface area contributed by atoms with E-state index in [1.54, 1.807) is 30.7 Å². The number of anilines is 1. The quantitative estimate of drug-likeness (QED) is 0.362. The lowest BCUT2D eigenvalue weighted by molar-refractivity contribution is -0.666. The van der Waals surface area contributed by atoms with Crippen molar-refractivity contribution in [1.29, 1.82) is 5.26 Å². The van der Waals surface area contributed by atoms with Crippen molar-refractivity contribution in [3.05, 3.63) is 29.7 Å². The molecule has 0 bridgehead atoms. The monoisotopic (exact) mass is 261 g/mol. The van der Waals surface area contributed by atoms with Crippen LogP contribution in [0.25, 0.3) is 0 Å². The van der Waals surface area contributed by atoms with E-state index < -0.39 is 5.06 Å². The largest absolute Gasteiger partial charge is 0.611 e. The van der Waals surface area contributed by atoms with E-state index in [0.29, 0.717) is 5.69 Å².